The van der Waals surface area contributed by atoms with Crippen molar-refractivity contribution in [3.8, 4) is 11.4 Å². The van der Waals surface area contributed by atoms with Gasteiger partial charge >= 0.3 is 0 Å². The quantitative estimate of drug-likeness (QED) is 0.184. The van der Waals surface area contributed by atoms with Gasteiger partial charge in [-0.3, -0.25) is 9.13 Å². The van der Waals surface area contributed by atoms with Crippen molar-refractivity contribution in [2.24, 2.45) is 0 Å². The fourth-order valence-corrected chi connectivity index (χ4v) is 8.58. The summed E-state index contributed by atoms with van der Waals surface area (Å²) < 4.78 is 7.49. The maximum Gasteiger partial charge on any atom is 0.131 e. The van der Waals surface area contributed by atoms with Gasteiger partial charge in [-0.1, -0.05) is 97.1 Å². The molecular formula is C44H29N3S. The first-order chi connectivity index (χ1) is 23.8. The molecule has 7 aromatic carbocycles. The summed E-state index contributed by atoms with van der Waals surface area (Å²) in [6.07, 6.45) is 0. The van der Waals surface area contributed by atoms with Gasteiger partial charge in [0.1, 0.15) is 5.65 Å². The summed E-state index contributed by atoms with van der Waals surface area (Å²) in [6.45, 7) is 0. The second-order valence-corrected chi connectivity index (χ2v) is 13.3. The van der Waals surface area contributed by atoms with Crippen molar-refractivity contribution in [1.29, 1.82) is 0 Å². The van der Waals surface area contributed by atoms with E-state index in [2.05, 4.69) is 190 Å². The number of hydrogen-bond donors (Lipinski definition) is 0. The molecule has 3 heterocycles. The van der Waals surface area contributed by atoms with Crippen LogP contribution < -0.4 is 4.90 Å². The van der Waals surface area contributed by atoms with E-state index in [9.17, 15) is 0 Å². The molecule has 0 aliphatic heterocycles. The van der Waals surface area contributed by atoms with E-state index in [1.165, 1.54) is 47.4 Å². The molecule has 0 N–H and O–H groups in total. The van der Waals surface area contributed by atoms with Crippen LogP contribution in [0.2, 0.25) is 0 Å². The molecule has 4 heteroatoms. The molecule has 10 rings (SSSR count). The average Bonchev–Trinajstić information content (AvgIpc) is 3.80. The van der Waals surface area contributed by atoms with Gasteiger partial charge in [-0.25, -0.2) is 0 Å². The standard InChI is InChI=1S/C44H29N3S/c1-4-15-30(16-5-1)45(33-27-28-41-36(29-33)34-21-11-13-26-40(34)48-41)38-24-14-25-39-43(38)42-35-22-10-12-23-37(35)46(31-17-6-2-7-18-31)44(42)47(39)32-19-8-3-9-20-32/h1-29H. The molecule has 226 valence electrons. The Morgan fingerprint density at radius 2 is 0.979 bits per heavy atom. The summed E-state index contributed by atoms with van der Waals surface area (Å²) in [5.74, 6) is 0. The lowest BCUT2D eigenvalue weighted by Gasteiger charge is -2.26. The van der Waals surface area contributed by atoms with Crippen molar-refractivity contribution >= 4 is 81.4 Å². The minimum atomic E-state index is 1.12. The molecule has 0 bridgehead atoms. The molecule has 0 saturated heterocycles. The van der Waals surface area contributed by atoms with E-state index in [1.807, 2.05) is 11.3 Å². The molecule has 10 aromatic rings. The van der Waals surface area contributed by atoms with E-state index < -0.39 is 0 Å². The first kappa shape index (κ1) is 27.1. The molecule has 0 fully saturated rings. The topological polar surface area (TPSA) is 13.1 Å². The number of hydrogen-bond acceptors (Lipinski definition) is 2. The molecule has 48 heavy (non-hydrogen) atoms. The Morgan fingerprint density at radius 3 is 1.73 bits per heavy atom. The Morgan fingerprint density at radius 1 is 0.396 bits per heavy atom. The molecule has 3 aromatic heterocycles. The summed E-state index contributed by atoms with van der Waals surface area (Å²) in [4.78, 5) is 2.44. The fraction of sp³-hybridized carbons (Fsp3) is 0. The van der Waals surface area contributed by atoms with Gasteiger partial charge in [0, 0.05) is 59.1 Å². The molecule has 0 atom stereocenters. The van der Waals surface area contributed by atoms with E-state index in [1.54, 1.807) is 0 Å². The highest BCUT2D eigenvalue weighted by atomic mass is 32.1. The first-order valence-corrected chi connectivity index (χ1v) is 17.1. The highest BCUT2D eigenvalue weighted by Crippen LogP contribution is 2.48. The van der Waals surface area contributed by atoms with E-state index in [0.29, 0.717) is 0 Å². The molecule has 0 unspecified atom stereocenters. The van der Waals surface area contributed by atoms with Crippen LogP contribution in [-0.2, 0) is 0 Å². The Balaban J connectivity index is 1.37. The second kappa shape index (κ2) is 10.7. The largest absolute Gasteiger partial charge is 0.310 e. The van der Waals surface area contributed by atoms with Crippen molar-refractivity contribution in [2.45, 2.75) is 0 Å². The number of anilines is 3. The van der Waals surface area contributed by atoms with Crippen molar-refractivity contribution in [1.82, 2.24) is 9.13 Å². The smallest absolute Gasteiger partial charge is 0.131 e. The van der Waals surface area contributed by atoms with Gasteiger partial charge in [-0.2, -0.15) is 0 Å². The van der Waals surface area contributed by atoms with E-state index in [0.717, 1.165) is 34.1 Å². The number of rotatable bonds is 5. The van der Waals surface area contributed by atoms with E-state index in [-0.39, 0.29) is 0 Å². The third-order valence-corrected chi connectivity index (χ3v) is 10.6. The molecule has 0 spiro atoms. The zero-order valence-corrected chi connectivity index (χ0v) is 26.8. The predicted molar refractivity (Wildman–Crippen MR) is 205 cm³/mol. The second-order valence-electron chi connectivity index (χ2n) is 12.2. The average molecular weight is 632 g/mol. The molecule has 0 saturated carbocycles. The van der Waals surface area contributed by atoms with Crippen LogP contribution in [0.25, 0.3) is 64.4 Å². The summed E-state index contributed by atoms with van der Waals surface area (Å²) in [5, 5.41) is 6.28. The van der Waals surface area contributed by atoms with Crippen molar-refractivity contribution in [3.63, 3.8) is 0 Å². The van der Waals surface area contributed by atoms with Gasteiger partial charge in [0.05, 0.1) is 16.7 Å². The molecule has 0 amide bonds. The van der Waals surface area contributed by atoms with Crippen molar-refractivity contribution in [3.05, 3.63) is 176 Å². The number of fused-ring (bicyclic) bond motifs is 8. The van der Waals surface area contributed by atoms with Gasteiger partial charge in [0.25, 0.3) is 0 Å². The number of nitrogens with zero attached hydrogens (tertiary/aromatic N) is 3. The molecule has 0 aliphatic rings. The zero-order chi connectivity index (χ0) is 31.6. The van der Waals surface area contributed by atoms with Gasteiger partial charge in [0.15, 0.2) is 0 Å². The van der Waals surface area contributed by atoms with E-state index >= 15 is 0 Å². The van der Waals surface area contributed by atoms with Crippen LogP contribution in [0.15, 0.2) is 176 Å². The lowest BCUT2D eigenvalue weighted by molar-refractivity contribution is 1.07. The maximum atomic E-state index is 2.44. The highest BCUT2D eigenvalue weighted by Gasteiger charge is 2.26. The van der Waals surface area contributed by atoms with Gasteiger partial charge in [-0.05, 0) is 78.9 Å². The lowest BCUT2D eigenvalue weighted by atomic mass is 10.1. The number of benzene rings is 7. The van der Waals surface area contributed by atoms with Crippen LogP contribution in [0, 0.1) is 0 Å². The van der Waals surface area contributed by atoms with Crippen LogP contribution in [0.1, 0.15) is 0 Å². The van der Waals surface area contributed by atoms with Crippen LogP contribution >= 0.6 is 11.3 Å². The van der Waals surface area contributed by atoms with Gasteiger partial charge in [0.2, 0.25) is 0 Å². The Bertz CT molecular complexity index is 2770. The Labute approximate surface area is 281 Å². The normalized spacial score (nSPS) is 11.8. The summed E-state index contributed by atoms with van der Waals surface area (Å²) >= 11 is 1.86. The summed E-state index contributed by atoms with van der Waals surface area (Å²) in [7, 11) is 0. The van der Waals surface area contributed by atoms with Crippen molar-refractivity contribution in [2.75, 3.05) is 4.90 Å². The van der Waals surface area contributed by atoms with Gasteiger partial charge in [-0.15, -0.1) is 11.3 Å². The third kappa shape index (κ3) is 4.00. The summed E-state index contributed by atoms with van der Waals surface area (Å²) in [5.41, 5.74) is 9.19. The van der Waals surface area contributed by atoms with Crippen LogP contribution in [0.3, 0.4) is 0 Å². The predicted octanol–water partition coefficient (Wildman–Crippen LogP) is 12.6. The Kier molecular flexibility index (Phi) is 6.05. The summed E-state index contributed by atoms with van der Waals surface area (Å²) in [6, 6.07) is 63.6. The fourth-order valence-electron chi connectivity index (χ4n) is 7.49. The lowest BCUT2D eigenvalue weighted by Crippen LogP contribution is -2.10. The molecule has 0 radical (unpaired) electrons. The first-order valence-electron chi connectivity index (χ1n) is 16.3. The minimum Gasteiger partial charge on any atom is -0.310 e. The SMILES string of the molecule is c1ccc(N(c2ccc3sc4ccccc4c3c2)c2cccc3c2c2c4ccccc4n(-c4ccccc4)c2n3-c2ccccc2)cc1. The third-order valence-electron chi connectivity index (χ3n) is 9.48. The van der Waals surface area contributed by atoms with Crippen LogP contribution in [0.5, 0.6) is 0 Å². The molecule has 3 nitrogen and oxygen atoms in total. The highest BCUT2D eigenvalue weighted by molar-refractivity contribution is 7.25. The van der Waals surface area contributed by atoms with Crippen molar-refractivity contribution < 1.29 is 0 Å². The number of thiophene rings is 1. The number of para-hydroxylation sites is 4. The minimum absolute atomic E-state index is 1.12. The molecule has 0 aliphatic carbocycles. The Hall–Kier alpha value is -6.10. The number of aromatic nitrogens is 2. The maximum absolute atomic E-state index is 2.44. The van der Waals surface area contributed by atoms with Crippen LogP contribution in [0.4, 0.5) is 17.1 Å². The van der Waals surface area contributed by atoms with E-state index in [4.69, 9.17) is 0 Å². The molecular weight excluding hydrogens is 603 g/mol. The zero-order valence-electron chi connectivity index (χ0n) is 26.0. The monoisotopic (exact) mass is 631 g/mol. The van der Waals surface area contributed by atoms with Gasteiger partial charge < -0.3 is 4.90 Å². The van der Waals surface area contributed by atoms with Crippen LogP contribution in [-0.4, -0.2) is 9.13 Å².